The van der Waals surface area contributed by atoms with Gasteiger partial charge in [-0.3, -0.25) is 0 Å². The highest BCUT2D eigenvalue weighted by Gasteiger charge is 1.95. The molecule has 0 heterocycles. The van der Waals surface area contributed by atoms with Crippen molar-refractivity contribution < 1.29 is 9.90 Å². The zero-order valence-electron chi connectivity index (χ0n) is 8.81. The van der Waals surface area contributed by atoms with Gasteiger partial charge in [0.2, 0.25) is 0 Å². The topological polar surface area (TPSA) is 63.3 Å². The number of nitrogens with two attached hydrogens (primary N) is 1. The van der Waals surface area contributed by atoms with Crippen LogP contribution in [0.3, 0.4) is 0 Å². The molecule has 0 aromatic heterocycles. The number of rotatable bonds is 2. The molecule has 0 aliphatic heterocycles. The second-order valence-corrected chi connectivity index (χ2v) is 2.54. The molecule has 0 aliphatic rings. The highest BCUT2D eigenvalue weighted by molar-refractivity contribution is 5.15. The summed E-state index contributed by atoms with van der Waals surface area (Å²) in [4.78, 5) is 8.00. The van der Waals surface area contributed by atoms with E-state index < -0.39 is 0 Å². The largest absolute Gasteiger partial charge is 0.393 e. The smallest absolute Gasteiger partial charge is 0.106 e. The molecule has 1 atom stereocenters. The lowest BCUT2D eigenvalue weighted by molar-refractivity contribution is -0.0979. The second kappa shape index (κ2) is 11.8. The van der Waals surface area contributed by atoms with Crippen LogP contribution in [0, 0.1) is 0 Å². The Labute approximate surface area is 85.6 Å². The van der Waals surface area contributed by atoms with Crippen LogP contribution in [0.2, 0.25) is 0 Å². The van der Waals surface area contributed by atoms with Crippen LogP contribution >= 0.6 is 0 Å². The summed E-state index contributed by atoms with van der Waals surface area (Å²) in [7, 11) is 1.50. The minimum absolute atomic E-state index is 0.234. The van der Waals surface area contributed by atoms with E-state index in [4.69, 9.17) is 9.90 Å². The van der Waals surface area contributed by atoms with Gasteiger partial charge in [-0.25, -0.2) is 0 Å². The van der Waals surface area contributed by atoms with Gasteiger partial charge in [0, 0.05) is 0 Å². The van der Waals surface area contributed by atoms with E-state index in [2.05, 4.69) is 5.73 Å². The normalized spacial score (nSPS) is 10.0. The molecule has 0 fully saturated rings. The van der Waals surface area contributed by atoms with Crippen LogP contribution in [0.5, 0.6) is 0 Å². The Morgan fingerprint density at radius 3 is 2.07 bits per heavy atom. The summed E-state index contributed by atoms with van der Waals surface area (Å²) in [5.74, 6) is 0. The van der Waals surface area contributed by atoms with Gasteiger partial charge in [0.25, 0.3) is 0 Å². The molecule has 1 unspecified atom stereocenters. The number of hydrogen-bond donors (Lipinski definition) is 2. The van der Waals surface area contributed by atoms with E-state index in [0.717, 1.165) is 6.42 Å². The lowest BCUT2D eigenvalue weighted by atomic mass is 10.1. The second-order valence-electron chi connectivity index (χ2n) is 2.54. The van der Waals surface area contributed by atoms with Crippen LogP contribution in [0.25, 0.3) is 0 Å². The summed E-state index contributed by atoms with van der Waals surface area (Å²) in [5.41, 5.74) is 5.69. The molecule has 3 nitrogen and oxygen atoms in total. The van der Waals surface area contributed by atoms with Crippen molar-refractivity contribution >= 4 is 6.79 Å². The Morgan fingerprint density at radius 1 is 1.29 bits per heavy atom. The predicted molar refractivity (Wildman–Crippen MR) is 59.1 cm³/mol. The van der Waals surface area contributed by atoms with Crippen molar-refractivity contribution in [3.8, 4) is 0 Å². The van der Waals surface area contributed by atoms with Crippen molar-refractivity contribution in [2.45, 2.75) is 19.4 Å². The maximum atomic E-state index is 9.01. The van der Waals surface area contributed by atoms with Gasteiger partial charge in [-0.05, 0) is 26.0 Å². The standard InChI is InChI=1S/C9H12O.CH5N.CH2O/c1-8(10)7-9-5-3-2-4-6-9;2*1-2/h2-6,8,10H,7H2,1H3;2H2,1H3;1H2. The van der Waals surface area contributed by atoms with Crippen molar-refractivity contribution in [1.29, 1.82) is 0 Å². The SMILES string of the molecule is C=O.CC(O)Cc1ccccc1.CN. The van der Waals surface area contributed by atoms with Gasteiger partial charge < -0.3 is 15.6 Å². The molecule has 1 rings (SSSR count). The van der Waals surface area contributed by atoms with Crippen LogP contribution in [0.15, 0.2) is 30.3 Å². The predicted octanol–water partition coefficient (Wildman–Crippen LogP) is 1.000. The Kier molecular flexibility index (Phi) is 12.9. The fourth-order valence-corrected chi connectivity index (χ4v) is 0.955. The number of carbonyl (C=O) groups excluding carboxylic acids is 1. The molecule has 0 spiro atoms. The van der Waals surface area contributed by atoms with E-state index in [9.17, 15) is 0 Å². The zero-order chi connectivity index (χ0) is 11.4. The fraction of sp³-hybridized carbons (Fsp3) is 0.364. The summed E-state index contributed by atoms with van der Waals surface area (Å²) in [6.07, 6.45) is 0.517. The molecular weight excluding hydrogens is 178 g/mol. The van der Waals surface area contributed by atoms with Crippen molar-refractivity contribution in [2.24, 2.45) is 5.73 Å². The van der Waals surface area contributed by atoms with Gasteiger partial charge in [-0.1, -0.05) is 30.3 Å². The van der Waals surface area contributed by atoms with Crippen LogP contribution in [-0.2, 0) is 11.2 Å². The minimum Gasteiger partial charge on any atom is -0.393 e. The first kappa shape index (κ1) is 15.3. The van der Waals surface area contributed by atoms with Gasteiger partial charge in [0.15, 0.2) is 0 Å². The molecule has 0 saturated heterocycles. The average molecular weight is 197 g/mol. The van der Waals surface area contributed by atoms with Crippen LogP contribution < -0.4 is 5.73 Å². The first-order valence-corrected chi connectivity index (χ1v) is 4.37. The quantitative estimate of drug-likeness (QED) is 0.743. The first-order valence-electron chi connectivity index (χ1n) is 4.37. The Morgan fingerprint density at radius 2 is 1.71 bits per heavy atom. The van der Waals surface area contributed by atoms with Gasteiger partial charge >= 0.3 is 0 Å². The molecule has 0 bridgehead atoms. The monoisotopic (exact) mass is 197 g/mol. The summed E-state index contributed by atoms with van der Waals surface area (Å²) in [5, 5.41) is 9.01. The number of benzene rings is 1. The van der Waals surface area contributed by atoms with E-state index in [0.29, 0.717) is 0 Å². The number of hydrogen-bond acceptors (Lipinski definition) is 3. The third kappa shape index (κ3) is 8.90. The lowest BCUT2D eigenvalue weighted by Gasteiger charge is -2.01. The van der Waals surface area contributed by atoms with Crippen LogP contribution in [0.4, 0.5) is 0 Å². The van der Waals surface area contributed by atoms with E-state index in [-0.39, 0.29) is 6.10 Å². The van der Waals surface area contributed by atoms with Crippen molar-refractivity contribution in [2.75, 3.05) is 7.05 Å². The van der Waals surface area contributed by atoms with Crippen molar-refractivity contribution in [3.05, 3.63) is 35.9 Å². The Hall–Kier alpha value is -1.19. The van der Waals surface area contributed by atoms with E-state index >= 15 is 0 Å². The summed E-state index contributed by atoms with van der Waals surface area (Å²) < 4.78 is 0. The molecule has 3 N–H and O–H groups in total. The van der Waals surface area contributed by atoms with Crippen LogP contribution in [0.1, 0.15) is 12.5 Å². The zero-order valence-corrected chi connectivity index (χ0v) is 8.81. The molecular formula is C11H19NO2. The molecule has 3 heteroatoms. The van der Waals surface area contributed by atoms with Gasteiger partial charge in [0.05, 0.1) is 6.10 Å². The van der Waals surface area contributed by atoms with Gasteiger partial charge in [-0.15, -0.1) is 0 Å². The lowest BCUT2D eigenvalue weighted by Crippen LogP contribution is -2.03. The van der Waals surface area contributed by atoms with E-state index in [1.54, 1.807) is 6.92 Å². The minimum atomic E-state index is -0.234. The molecule has 0 radical (unpaired) electrons. The molecule has 1 aromatic rings. The number of carbonyl (C=O) groups is 1. The molecule has 80 valence electrons. The summed E-state index contributed by atoms with van der Waals surface area (Å²) >= 11 is 0. The first-order chi connectivity index (χ1) is 6.79. The molecule has 14 heavy (non-hydrogen) atoms. The van der Waals surface area contributed by atoms with Gasteiger partial charge in [0.1, 0.15) is 6.79 Å². The molecule has 0 saturated carbocycles. The Balaban J connectivity index is 0. The molecule has 0 amide bonds. The number of aliphatic hydroxyl groups is 1. The average Bonchev–Trinajstić information content (AvgIpc) is 2.24. The Bertz CT molecular complexity index is 200. The van der Waals surface area contributed by atoms with Crippen LogP contribution in [-0.4, -0.2) is 25.0 Å². The summed E-state index contributed by atoms with van der Waals surface area (Å²) in [6, 6.07) is 9.99. The summed E-state index contributed by atoms with van der Waals surface area (Å²) in [6.45, 7) is 3.80. The van der Waals surface area contributed by atoms with Crippen molar-refractivity contribution in [3.63, 3.8) is 0 Å². The molecule has 1 aromatic carbocycles. The number of aliphatic hydroxyl groups excluding tert-OH is 1. The highest BCUT2D eigenvalue weighted by atomic mass is 16.3. The molecule has 0 aliphatic carbocycles. The maximum Gasteiger partial charge on any atom is 0.106 e. The van der Waals surface area contributed by atoms with Crippen molar-refractivity contribution in [1.82, 2.24) is 0 Å². The van der Waals surface area contributed by atoms with E-state index in [1.807, 2.05) is 37.1 Å². The highest BCUT2D eigenvalue weighted by Crippen LogP contribution is 2.01. The fourth-order valence-electron chi connectivity index (χ4n) is 0.955. The third-order valence-corrected chi connectivity index (χ3v) is 1.37. The van der Waals surface area contributed by atoms with Gasteiger partial charge in [-0.2, -0.15) is 0 Å². The maximum absolute atomic E-state index is 9.01. The van der Waals surface area contributed by atoms with E-state index in [1.165, 1.54) is 12.6 Å². The third-order valence-electron chi connectivity index (χ3n) is 1.37.